The highest BCUT2D eigenvalue weighted by Crippen LogP contribution is 2.55. The first kappa shape index (κ1) is 12.3. The van der Waals surface area contributed by atoms with E-state index in [2.05, 4.69) is 15.7 Å². The molecule has 4 aliphatic carbocycles. The van der Waals surface area contributed by atoms with Gasteiger partial charge in [-0.25, -0.2) is 4.98 Å². The molecule has 0 radical (unpaired) electrons. The highest BCUT2D eigenvalue weighted by molar-refractivity contribution is 7.09. The van der Waals surface area contributed by atoms with Crippen molar-refractivity contribution < 1.29 is 5.11 Å². The fraction of sp³-hybridized carbons (Fsp3) is 0.800. The van der Waals surface area contributed by atoms with Crippen molar-refractivity contribution in [3.63, 3.8) is 0 Å². The number of aliphatic hydroxyl groups excluding tert-OH is 1. The monoisotopic (exact) mass is 278 g/mol. The standard InChI is InChI=1S/C15H22N2OS/c18-8-14-17-13(9-19-14)7-16-15-4-10-1-11(5-15)3-12(2-10)6-15/h9-12,16,18H,1-8H2. The van der Waals surface area contributed by atoms with E-state index in [1.54, 1.807) is 11.3 Å². The van der Waals surface area contributed by atoms with Crippen molar-refractivity contribution in [2.75, 3.05) is 0 Å². The molecule has 4 saturated carbocycles. The number of rotatable bonds is 4. The fourth-order valence-electron chi connectivity index (χ4n) is 5.11. The van der Waals surface area contributed by atoms with E-state index in [-0.39, 0.29) is 6.61 Å². The van der Waals surface area contributed by atoms with E-state index in [1.165, 1.54) is 38.5 Å². The first-order valence-electron chi connectivity index (χ1n) is 7.54. The van der Waals surface area contributed by atoms with Gasteiger partial charge in [-0.3, -0.25) is 0 Å². The van der Waals surface area contributed by atoms with Crippen LogP contribution < -0.4 is 5.32 Å². The molecule has 4 bridgehead atoms. The van der Waals surface area contributed by atoms with Crippen molar-refractivity contribution in [3.8, 4) is 0 Å². The molecular weight excluding hydrogens is 256 g/mol. The summed E-state index contributed by atoms with van der Waals surface area (Å²) in [6.07, 6.45) is 8.63. The Bertz CT molecular complexity index is 435. The van der Waals surface area contributed by atoms with Gasteiger partial charge >= 0.3 is 0 Å². The van der Waals surface area contributed by atoms with Crippen molar-refractivity contribution in [1.29, 1.82) is 0 Å². The molecule has 4 heteroatoms. The van der Waals surface area contributed by atoms with Gasteiger partial charge in [0, 0.05) is 17.5 Å². The van der Waals surface area contributed by atoms with Crippen LogP contribution in [-0.2, 0) is 13.2 Å². The maximum absolute atomic E-state index is 9.08. The Morgan fingerprint density at radius 2 is 1.84 bits per heavy atom. The number of nitrogens with zero attached hydrogens (tertiary/aromatic N) is 1. The molecule has 19 heavy (non-hydrogen) atoms. The summed E-state index contributed by atoms with van der Waals surface area (Å²) < 4.78 is 0. The number of nitrogens with one attached hydrogen (secondary N) is 1. The molecule has 2 N–H and O–H groups in total. The predicted molar refractivity (Wildman–Crippen MR) is 75.8 cm³/mol. The zero-order valence-electron chi connectivity index (χ0n) is 11.3. The van der Waals surface area contributed by atoms with Gasteiger partial charge in [0.05, 0.1) is 12.3 Å². The van der Waals surface area contributed by atoms with Gasteiger partial charge in [0.2, 0.25) is 0 Å². The average Bonchev–Trinajstić information content (AvgIpc) is 2.83. The minimum atomic E-state index is 0.0715. The Hall–Kier alpha value is -0.450. The van der Waals surface area contributed by atoms with Crippen LogP contribution in [0.4, 0.5) is 0 Å². The summed E-state index contributed by atoms with van der Waals surface area (Å²) in [6, 6.07) is 0. The average molecular weight is 278 g/mol. The van der Waals surface area contributed by atoms with Gasteiger partial charge in [-0.1, -0.05) is 0 Å². The summed E-state index contributed by atoms with van der Waals surface area (Å²) in [5, 5.41) is 15.8. The van der Waals surface area contributed by atoms with Gasteiger partial charge in [0.25, 0.3) is 0 Å². The number of aliphatic hydroxyl groups is 1. The van der Waals surface area contributed by atoms with E-state index in [9.17, 15) is 0 Å². The molecule has 0 spiro atoms. The highest BCUT2D eigenvalue weighted by Gasteiger charge is 2.50. The Kier molecular flexibility index (Phi) is 2.94. The summed E-state index contributed by atoms with van der Waals surface area (Å²) in [4.78, 5) is 4.45. The molecule has 4 fully saturated rings. The topological polar surface area (TPSA) is 45.2 Å². The zero-order valence-corrected chi connectivity index (χ0v) is 12.1. The lowest BCUT2D eigenvalue weighted by atomic mass is 9.53. The third-order valence-electron chi connectivity index (χ3n) is 5.42. The fourth-order valence-corrected chi connectivity index (χ4v) is 5.76. The number of hydrogen-bond acceptors (Lipinski definition) is 4. The molecule has 5 rings (SSSR count). The van der Waals surface area contributed by atoms with Crippen LogP contribution in [0.15, 0.2) is 5.38 Å². The summed E-state index contributed by atoms with van der Waals surface area (Å²) in [6.45, 7) is 0.949. The highest BCUT2D eigenvalue weighted by atomic mass is 32.1. The molecule has 4 aliphatic rings. The molecule has 104 valence electrons. The van der Waals surface area contributed by atoms with E-state index in [1.807, 2.05) is 0 Å². The number of thiazole rings is 1. The van der Waals surface area contributed by atoms with E-state index in [0.29, 0.717) is 5.54 Å². The molecule has 1 aromatic heterocycles. The molecule has 0 aliphatic heterocycles. The van der Waals surface area contributed by atoms with Gasteiger partial charge in [-0.2, -0.15) is 0 Å². The van der Waals surface area contributed by atoms with Crippen LogP contribution in [0, 0.1) is 17.8 Å². The van der Waals surface area contributed by atoms with Crippen LogP contribution in [0.25, 0.3) is 0 Å². The lowest BCUT2D eigenvalue weighted by molar-refractivity contribution is -0.0207. The Morgan fingerprint density at radius 1 is 1.21 bits per heavy atom. The zero-order chi connectivity index (χ0) is 12.9. The van der Waals surface area contributed by atoms with Crippen LogP contribution in [0.3, 0.4) is 0 Å². The minimum Gasteiger partial charge on any atom is -0.389 e. The smallest absolute Gasteiger partial charge is 0.118 e. The summed E-state index contributed by atoms with van der Waals surface area (Å²) in [5.74, 6) is 2.96. The molecule has 1 heterocycles. The number of hydrogen-bond donors (Lipinski definition) is 2. The second-order valence-electron chi connectivity index (χ2n) is 6.94. The molecule has 1 aromatic rings. The van der Waals surface area contributed by atoms with Crippen molar-refractivity contribution >= 4 is 11.3 Å². The maximum atomic E-state index is 9.08. The second kappa shape index (κ2) is 4.54. The molecular formula is C15H22N2OS. The summed E-state index contributed by atoms with van der Waals surface area (Å²) in [7, 11) is 0. The second-order valence-corrected chi connectivity index (χ2v) is 7.88. The van der Waals surface area contributed by atoms with E-state index in [4.69, 9.17) is 5.11 Å². The molecule has 0 aromatic carbocycles. The van der Waals surface area contributed by atoms with Crippen molar-refractivity contribution in [1.82, 2.24) is 10.3 Å². The van der Waals surface area contributed by atoms with Gasteiger partial charge in [-0.15, -0.1) is 11.3 Å². The van der Waals surface area contributed by atoms with Gasteiger partial charge in [0.15, 0.2) is 0 Å². The van der Waals surface area contributed by atoms with Crippen LogP contribution in [0.1, 0.15) is 49.2 Å². The molecule has 0 unspecified atom stereocenters. The van der Waals surface area contributed by atoms with E-state index in [0.717, 1.165) is 35.0 Å². The largest absolute Gasteiger partial charge is 0.389 e. The Labute approximate surface area is 118 Å². The minimum absolute atomic E-state index is 0.0715. The third-order valence-corrected chi connectivity index (χ3v) is 6.30. The van der Waals surface area contributed by atoms with Crippen LogP contribution >= 0.6 is 11.3 Å². The lowest BCUT2D eigenvalue weighted by Crippen LogP contribution is -2.58. The number of aromatic nitrogens is 1. The molecule has 0 saturated heterocycles. The van der Waals surface area contributed by atoms with Gasteiger partial charge in [-0.05, 0) is 56.3 Å². The van der Waals surface area contributed by atoms with Crippen LogP contribution in [0.2, 0.25) is 0 Å². The predicted octanol–water partition coefficient (Wildman–Crippen LogP) is 2.69. The lowest BCUT2D eigenvalue weighted by Gasteiger charge is -2.57. The summed E-state index contributed by atoms with van der Waals surface area (Å²) >= 11 is 1.57. The molecule has 0 atom stereocenters. The maximum Gasteiger partial charge on any atom is 0.118 e. The first-order chi connectivity index (χ1) is 9.25. The van der Waals surface area contributed by atoms with E-state index < -0.39 is 0 Å². The third kappa shape index (κ3) is 2.24. The normalized spacial score (nSPS) is 39.9. The van der Waals surface area contributed by atoms with Gasteiger partial charge in [0.1, 0.15) is 5.01 Å². The van der Waals surface area contributed by atoms with Crippen LogP contribution in [-0.4, -0.2) is 15.6 Å². The van der Waals surface area contributed by atoms with Crippen LogP contribution in [0.5, 0.6) is 0 Å². The summed E-state index contributed by atoms with van der Waals surface area (Å²) in [5.41, 5.74) is 1.52. The Balaban J connectivity index is 1.44. The Morgan fingerprint density at radius 3 is 2.37 bits per heavy atom. The van der Waals surface area contributed by atoms with Crippen molar-refractivity contribution in [2.45, 2.75) is 57.2 Å². The molecule has 3 nitrogen and oxygen atoms in total. The van der Waals surface area contributed by atoms with Gasteiger partial charge < -0.3 is 10.4 Å². The SMILES string of the molecule is OCc1nc(CNC23CC4CC(CC(C4)C2)C3)cs1. The first-order valence-corrected chi connectivity index (χ1v) is 8.42. The quantitative estimate of drug-likeness (QED) is 0.890. The van der Waals surface area contributed by atoms with Crippen molar-refractivity contribution in [3.05, 3.63) is 16.1 Å². The van der Waals surface area contributed by atoms with E-state index >= 15 is 0 Å². The molecule has 0 amide bonds. The van der Waals surface area contributed by atoms with Crippen molar-refractivity contribution in [2.24, 2.45) is 17.8 Å².